The highest BCUT2D eigenvalue weighted by Gasteiger charge is 2.28. The summed E-state index contributed by atoms with van der Waals surface area (Å²) >= 11 is 0. The average molecular weight is 395 g/mol. The van der Waals surface area contributed by atoms with Gasteiger partial charge in [0.25, 0.3) is 0 Å². The number of nitrogens with one attached hydrogen (secondary N) is 1. The van der Waals surface area contributed by atoms with Crippen LogP contribution in [0.2, 0.25) is 0 Å². The summed E-state index contributed by atoms with van der Waals surface area (Å²) in [5.41, 5.74) is 3.52. The number of benzene rings is 2. The van der Waals surface area contributed by atoms with Crippen molar-refractivity contribution in [2.24, 2.45) is 0 Å². The van der Waals surface area contributed by atoms with E-state index in [0.717, 1.165) is 12.0 Å². The lowest BCUT2D eigenvalue weighted by Gasteiger charge is -2.31. The van der Waals surface area contributed by atoms with E-state index in [4.69, 9.17) is 0 Å². The van der Waals surface area contributed by atoms with Gasteiger partial charge in [0.05, 0.1) is 0 Å². The molecule has 4 nitrogen and oxygen atoms in total. The Balaban J connectivity index is 2.11. The lowest BCUT2D eigenvalue weighted by Crippen LogP contribution is -2.51. The van der Waals surface area contributed by atoms with Crippen molar-refractivity contribution in [2.75, 3.05) is 6.54 Å². The molecule has 0 aliphatic heterocycles. The molecule has 2 rings (SSSR count). The van der Waals surface area contributed by atoms with Crippen LogP contribution in [0.5, 0.6) is 0 Å². The molecule has 156 valence electrons. The van der Waals surface area contributed by atoms with Crippen LogP contribution in [0.4, 0.5) is 0 Å². The molecule has 0 heterocycles. The molecule has 2 aromatic carbocycles. The SMILES string of the molecule is CCC(C(=O)NC(C)C)N(CCc1ccccc1)C(=O)CCc1ccc(C)cc1. The minimum Gasteiger partial charge on any atom is -0.352 e. The lowest BCUT2D eigenvalue weighted by molar-refractivity contribution is -0.140. The van der Waals surface area contributed by atoms with Gasteiger partial charge < -0.3 is 10.2 Å². The summed E-state index contributed by atoms with van der Waals surface area (Å²) in [6.07, 6.45) is 2.43. The Hall–Kier alpha value is -2.62. The Kier molecular flexibility index (Phi) is 8.91. The molecule has 0 saturated carbocycles. The lowest BCUT2D eigenvalue weighted by atomic mass is 10.0. The molecular formula is C25H34N2O2. The molecule has 1 unspecified atom stereocenters. The number of hydrogen-bond acceptors (Lipinski definition) is 2. The molecule has 0 radical (unpaired) electrons. The van der Waals surface area contributed by atoms with Crippen molar-refractivity contribution in [1.29, 1.82) is 0 Å². The number of rotatable bonds is 10. The van der Waals surface area contributed by atoms with Crippen molar-refractivity contribution in [1.82, 2.24) is 10.2 Å². The fourth-order valence-corrected chi connectivity index (χ4v) is 3.43. The van der Waals surface area contributed by atoms with E-state index >= 15 is 0 Å². The first-order valence-corrected chi connectivity index (χ1v) is 10.6. The third-order valence-electron chi connectivity index (χ3n) is 5.05. The van der Waals surface area contributed by atoms with Crippen molar-refractivity contribution in [3.63, 3.8) is 0 Å². The second kappa shape index (κ2) is 11.4. The van der Waals surface area contributed by atoms with Crippen LogP contribution >= 0.6 is 0 Å². The third kappa shape index (κ3) is 7.37. The van der Waals surface area contributed by atoms with Crippen LogP contribution in [0.25, 0.3) is 0 Å². The maximum atomic E-state index is 13.1. The molecule has 0 bridgehead atoms. The first-order valence-electron chi connectivity index (χ1n) is 10.6. The fourth-order valence-electron chi connectivity index (χ4n) is 3.43. The van der Waals surface area contributed by atoms with Gasteiger partial charge in [-0.2, -0.15) is 0 Å². The predicted molar refractivity (Wildman–Crippen MR) is 119 cm³/mol. The Morgan fingerprint density at radius 2 is 1.55 bits per heavy atom. The molecule has 2 aromatic rings. The van der Waals surface area contributed by atoms with Crippen molar-refractivity contribution in [2.45, 2.75) is 65.5 Å². The van der Waals surface area contributed by atoms with E-state index < -0.39 is 6.04 Å². The zero-order valence-corrected chi connectivity index (χ0v) is 18.2. The maximum absolute atomic E-state index is 13.1. The van der Waals surface area contributed by atoms with Crippen LogP contribution in [0, 0.1) is 6.92 Å². The van der Waals surface area contributed by atoms with Gasteiger partial charge >= 0.3 is 0 Å². The Labute approximate surface area is 175 Å². The first-order chi connectivity index (χ1) is 13.9. The number of nitrogens with zero attached hydrogens (tertiary/aromatic N) is 1. The number of carbonyl (C=O) groups excluding carboxylic acids is 2. The van der Waals surface area contributed by atoms with Crippen LogP contribution in [0.15, 0.2) is 54.6 Å². The summed E-state index contributed by atoms with van der Waals surface area (Å²) in [6, 6.07) is 18.0. The first kappa shape index (κ1) is 22.7. The van der Waals surface area contributed by atoms with E-state index in [9.17, 15) is 9.59 Å². The smallest absolute Gasteiger partial charge is 0.242 e. The van der Waals surface area contributed by atoms with Gasteiger partial charge in [0.1, 0.15) is 6.04 Å². The van der Waals surface area contributed by atoms with E-state index in [1.165, 1.54) is 11.1 Å². The topological polar surface area (TPSA) is 49.4 Å². The number of aryl methyl sites for hydroxylation is 2. The van der Waals surface area contributed by atoms with E-state index in [1.54, 1.807) is 4.90 Å². The van der Waals surface area contributed by atoms with E-state index in [0.29, 0.717) is 25.8 Å². The van der Waals surface area contributed by atoms with Crippen molar-refractivity contribution < 1.29 is 9.59 Å². The minimum atomic E-state index is -0.438. The summed E-state index contributed by atoms with van der Waals surface area (Å²) in [7, 11) is 0. The molecular weight excluding hydrogens is 360 g/mol. The molecule has 0 spiro atoms. The predicted octanol–water partition coefficient (Wildman–Crippen LogP) is 4.30. The number of hydrogen-bond donors (Lipinski definition) is 1. The van der Waals surface area contributed by atoms with Crippen LogP contribution in [-0.2, 0) is 22.4 Å². The highest BCUT2D eigenvalue weighted by Crippen LogP contribution is 2.13. The third-order valence-corrected chi connectivity index (χ3v) is 5.05. The largest absolute Gasteiger partial charge is 0.352 e. The normalized spacial score (nSPS) is 11.9. The maximum Gasteiger partial charge on any atom is 0.242 e. The number of carbonyl (C=O) groups is 2. The molecule has 2 amide bonds. The molecule has 0 aliphatic rings. The molecule has 29 heavy (non-hydrogen) atoms. The Morgan fingerprint density at radius 1 is 0.931 bits per heavy atom. The summed E-state index contributed by atoms with van der Waals surface area (Å²) in [6.45, 7) is 8.45. The zero-order chi connectivity index (χ0) is 21.2. The van der Waals surface area contributed by atoms with Crippen molar-refractivity contribution >= 4 is 11.8 Å². The van der Waals surface area contributed by atoms with Gasteiger partial charge in [-0.05, 0) is 51.2 Å². The molecule has 1 atom stereocenters. The van der Waals surface area contributed by atoms with Crippen LogP contribution < -0.4 is 5.32 Å². The average Bonchev–Trinajstić information content (AvgIpc) is 2.70. The summed E-state index contributed by atoms with van der Waals surface area (Å²) < 4.78 is 0. The summed E-state index contributed by atoms with van der Waals surface area (Å²) in [5, 5.41) is 2.97. The Morgan fingerprint density at radius 3 is 2.14 bits per heavy atom. The van der Waals surface area contributed by atoms with Gasteiger partial charge in [-0.25, -0.2) is 0 Å². The molecule has 1 N–H and O–H groups in total. The molecule has 4 heteroatoms. The molecule has 0 saturated heterocycles. The van der Waals surface area contributed by atoms with E-state index in [2.05, 4.69) is 48.6 Å². The molecule has 0 aliphatic carbocycles. The van der Waals surface area contributed by atoms with Gasteiger partial charge in [0.15, 0.2) is 0 Å². The zero-order valence-electron chi connectivity index (χ0n) is 18.2. The quantitative estimate of drug-likeness (QED) is 0.653. The van der Waals surface area contributed by atoms with Crippen molar-refractivity contribution in [3.8, 4) is 0 Å². The fraction of sp³-hybridized carbons (Fsp3) is 0.440. The Bertz CT molecular complexity index is 769. The second-order valence-electron chi connectivity index (χ2n) is 7.90. The summed E-state index contributed by atoms with van der Waals surface area (Å²) in [5.74, 6) is -0.0356. The number of amides is 2. The second-order valence-corrected chi connectivity index (χ2v) is 7.90. The van der Waals surface area contributed by atoms with Crippen LogP contribution in [0.3, 0.4) is 0 Å². The van der Waals surface area contributed by atoms with E-state index in [1.807, 2.05) is 39.0 Å². The van der Waals surface area contributed by atoms with Crippen molar-refractivity contribution in [3.05, 3.63) is 71.3 Å². The van der Waals surface area contributed by atoms with Gasteiger partial charge in [-0.3, -0.25) is 9.59 Å². The van der Waals surface area contributed by atoms with Gasteiger partial charge in [-0.15, -0.1) is 0 Å². The van der Waals surface area contributed by atoms with Gasteiger partial charge in [0.2, 0.25) is 11.8 Å². The highest BCUT2D eigenvalue weighted by atomic mass is 16.2. The monoisotopic (exact) mass is 394 g/mol. The molecule has 0 aromatic heterocycles. The van der Waals surface area contributed by atoms with Gasteiger partial charge in [0, 0.05) is 19.0 Å². The highest BCUT2D eigenvalue weighted by molar-refractivity contribution is 5.87. The standard InChI is InChI=1S/C25H34N2O2/c1-5-23(25(29)26-19(2)3)27(18-17-21-9-7-6-8-10-21)24(28)16-15-22-13-11-20(4)12-14-22/h6-14,19,23H,5,15-18H2,1-4H3,(H,26,29). The molecule has 0 fully saturated rings. The van der Waals surface area contributed by atoms with Crippen LogP contribution in [0.1, 0.15) is 50.3 Å². The minimum absolute atomic E-state index is 0.0345. The van der Waals surface area contributed by atoms with Crippen LogP contribution in [-0.4, -0.2) is 35.3 Å². The van der Waals surface area contributed by atoms with Gasteiger partial charge in [-0.1, -0.05) is 67.1 Å². The summed E-state index contributed by atoms with van der Waals surface area (Å²) in [4.78, 5) is 27.7. The van der Waals surface area contributed by atoms with E-state index in [-0.39, 0.29) is 17.9 Å².